The van der Waals surface area contributed by atoms with Crippen molar-refractivity contribution in [2.45, 2.75) is 11.3 Å². The van der Waals surface area contributed by atoms with Gasteiger partial charge in [-0.2, -0.15) is 8.42 Å². The average Bonchev–Trinajstić information content (AvgIpc) is 2.63. The standard InChI is InChI=1S/C14H13Cl2N5O4S/c15-12-6-5-11(8-13(12)16)26(24,25)21(18)10-3-1-9(2-4-10)7-14(22)20(17)19-23/h1-6,8H,7,17-18H2. The number of nitroso groups, excluding NO2 is 1. The molecule has 4 N–H and O–H groups in total. The predicted octanol–water partition coefficient (Wildman–Crippen LogP) is 1.99. The minimum atomic E-state index is -4.07. The van der Waals surface area contributed by atoms with Crippen LogP contribution >= 0.6 is 23.2 Å². The smallest absolute Gasteiger partial charge is 0.271 e. The fraction of sp³-hybridized carbons (Fsp3) is 0.0714. The van der Waals surface area contributed by atoms with Gasteiger partial charge >= 0.3 is 0 Å². The van der Waals surface area contributed by atoms with Crippen LogP contribution in [0.5, 0.6) is 0 Å². The van der Waals surface area contributed by atoms with Crippen LogP contribution in [0.3, 0.4) is 0 Å². The van der Waals surface area contributed by atoms with Gasteiger partial charge in [-0.1, -0.05) is 35.3 Å². The van der Waals surface area contributed by atoms with Gasteiger partial charge in [-0.25, -0.2) is 16.1 Å². The van der Waals surface area contributed by atoms with E-state index in [-0.39, 0.29) is 32.2 Å². The van der Waals surface area contributed by atoms with E-state index in [4.69, 9.17) is 34.9 Å². The summed E-state index contributed by atoms with van der Waals surface area (Å²) in [5, 5.41) is 2.76. The predicted molar refractivity (Wildman–Crippen MR) is 97.3 cm³/mol. The van der Waals surface area contributed by atoms with Crippen molar-refractivity contribution in [2.24, 2.45) is 17.0 Å². The summed E-state index contributed by atoms with van der Waals surface area (Å²) in [5.41, 5.74) is 0.628. The number of carbonyl (C=O) groups excluding carboxylic acids is 1. The third kappa shape index (κ3) is 4.29. The van der Waals surface area contributed by atoms with Crippen LogP contribution in [0, 0.1) is 4.91 Å². The number of nitrogens with zero attached hydrogens (tertiary/aromatic N) is 3. The van der Waals surface area contributed by atoms with E-state index < -0.39 is 15.9 Å². The SMILES string of the molecule is NN(N=O)C(=O)Cc1ccc(N(N)S(=O)(=O)c2ccc(Cl)c(Cl)c2)cc1. The highest BCUT2D eigenvalue weighted by molar-refractivity contribution is 7.92. The van der Waals surface area contributed by atoms with Crippen LogP contribution in [-0.4, -0.2) is 19.4 Å². The molecule has 0 aliphatic rings. The summed E-state index contributed by atoms with van der Waals surface area (Å²) in [4.78, 5) is 21.6. The van der Waals surface area contributed by atoms with Gasteiger partial charge in [-0.3, -0.25) is 4.79 Å². The molecule has 138 valence electrons. The number of hydrogen-bond acceptors (Lipinski definition) is 7. The average molecular weight is 418 g/mol. The number of rotatable bonds is 6. The molecule has 0 heterocycles. The number of amides is 1. The molecular weight excluding hydrogens is 405 g/mol. The molecule has 0 bridgehead atoms. The number of benzene rings is 2. The van der Waals surface area contributed by atoms with E-state index in [2.05, 4.69) is 5.29 Å². The molecule has 2 aromatic rings. The first kappa shape index (κ1) is 20.1. The minimum absolute atomic E-state index is 0.0742. The van der Waals surface area contributed by atoms with E-state index in [9.17, 15) is 18.1 Å². The maximum atomic E-state index is 12.6. The lowest BCUT2D eigenvalue weighted by molar-refractivity contribution is -0.130. The van der Waals surface area contributed by atoms with E-state index in [0.29, 0.717) is 9.98 Å². The summed E-state index contributed by atoms with van der Waals surface area (Å²) in [7, 11) is -4.07. The van der Waals surface area contributed by atoms with Gasteiger partial charge in [-0.15, -0.1) is 10.0 Å². The van der Waals surface area contributed by atoms with Crippen molar-refractivity contribution >= 4 is 44.8 Å². The van der Waals surface area contributed by atoms with Crippen LogP contribution in [-0.2, 0) is 21.2 Å². The van der Waals surface area contributed by atoms with Crippen LogP contribution in [0.1, 0.15) is 5.56 Å². The fourth-order valence-corrected chi connectivity index (χ4v) is 3.45. The van der Waals surface area contributed by atoms with Crippen molar-refractivity contribution in [3.05, 3.63) is 63.0 Å². The minimum Gasteiger partial charge on any atom is -0.271 e. The second-order valence-corrected chi connectivity index (χ2v) is 7.67. The van der Waals surface area contributed by atoms with Gasteiger partial charge in [0.15, 0.2) is 0 Å². The van der Waals surface area contributed by atoms with Crippen LogP contribution in [0.4, 0.5) is 5.69 Å². The number of nitrogens with two attached hydrogens (primary N) is 2. The molecule has 0 saturated heterocycles. The topological polar surface area (TPSA) is 139 Å². The molecule has 0 atom stereocenters. The number of anilines is 1. The molecule has 0 radical (unpaired) electrons. The maximum Gasteiger partial charge on any atom is 0.277 e. The van der Waals surface area contributed by atoms with Crippen molar-refractivity contribution in [1.82, 2.24) is 5.12 Å². The Morgan fingerprint density at radius 2 is 1.65 bits per heavy atom. The van der Waals surface area contributed by atoms with Crippen LogP contribution < -0.4 is 16.1 Å². The molecule has 2 rings (SSSR count). The van der Waals surface area contributed by atoms with Gasteiger partial charge in [0.1, 0.15) is 0 Å². The molecule has 0 aromatic heterocycles. The number of sulfonamides is 1. The lowest BCUT2D eigenvalue weighted by Gasteiger charge is -2.19. The first-order chi connectivity index (χ1) is 12.2. The number of halogens is 2. The third-order valence-electron chi connectivity index (χ3n) is 3.34. The highest BCUT2D eigenvalue weighted by Gasteiger charge is 2.23. The Kier molecular flexibility index (Phi) is 6.16. The molecule has 1 amide bonds. The van der Waals surface area contributed by atoms with Gasteiger partial charge in [-0.05, 0) is 35.9 Å². The van der Waals surface area contributed by atoms with E-state index in [0.717, 1.165) is 0 Å². The largest absolute Gasteiger partial charge is 0.277 e. The molecule has 0 aliphatic carbocycles. The first-order valence-electron chi connectivity index (χ1n) is 6.91. The molecular formula is C14H13Cl2N5O4S. The summed E-state index contributed by atoms with van der Waals surface area (Å²) in [6, 6.07) is 9.54. The van der Waals surface area contributed by atoms with Crippen LogP contribution in [0.2, 0.25) is 10.0 Å². The van der Waals surface area contributed by atoms with E-state index in [1.165, 1.54) is 42.5 Å². The zero-order valence-electron chi connectivity index (χ0n) is 13.0. The Balaban J connectivity index is 2.23. The van der Waals surface area contributed by atoms with Crippen molar-refractivity contribution < 1.29 is 13.2 Å². The lowest BCUT2D eigenvalue weighted by Crippen LogP contribution is -2.37. The second kappa shape index (κ2) is 7.98. The van der Waals surface area contributed by atoms with Gasteiger partial charge in [0.25, 0.3) is 15.9 Å². The lowest BCUT2D eigenvalue weighted by atomic mass is 10.1. The second-order valence-electron chi connectivity index (χ2n) is 5.04. The molecule has 0 aliphatic heterocycles. The Labute approximate surface area is 159 Å². The van der Waals surface area contributed by atoms with Crippen LogP contribution in [0.15, 0.2) is 52.6 Å². The first-order valence-corrected chi connectivity index (χ1v) is 9.11. The Bertz CT molecular complexity index is 937. The zero-order chi connectivity index (χ0) is 19.5. The van der Waals surface area contributed by atoms with Crippen molar-refractivity contribution in [2.75, 3.05) is 4.41 Å². The molecule has 0 spiro atoms. The third-order valence-corrected chi connectivity index (χ3v) is 5.65. The molecule has 0 saturated carbocycles. The van der Waals surface area contributed by atoms with Crippen LogP contribution in [0.25, 0.3) is 0 Å². The number of hydrazine groups is 2. The van der Waals surface area contributed by atoms with E-state index in [1.54, 1.807) is 0 Å². The Hall–Kier alpha value is -2.24. The van der Waals surface area contributed by atoms with Gasteiger partial charge in [0.2, 0.25) is 0 Å². The summed E-state index contributed by atoms with van der Waals surface area (Å²) in [6.45, 7) is 0. The Morgan fingerprint density at radius 3 is 2.19 bits per heavy atom. The summed E-state index contributed by atoms with van der Waals surface area (Å²) < 4.78 is 25.7. The highest BCUT2D eigenvalue weighted by atomic mass is 35.5. The maximum absolute atomic E-state index is 12.6. The van der Waals surface area contributed by atoms with Crippen molar-refractivity contribution in [1.29, 1.82) is 0 Å². The molecule has 26 heavy (non-hydrogen) atoms. The normalized spacial score (nSPS) is 11.1. The monoisotopic (exact) mass is 417 g/mol. The quantitative estimate of drug-likeness (QED) is 0.318. The number of carbonyl (C=O) groups is 1. The summed E-state index contributed by atoms with van der Waals surface area (Å²) >= 11 is 11.6. The molecule has 2 aromatic carbocycles. The molecule has 12 heteroatoms. The van der Waals surface area contributed by atoms with Gasteiger partial charge < -0.3 is 0 Å². The van der Waals surface area contributed by atoms with Gasteiger partial charge in [0.05, 0.1) is 32.3 Å². The van der Waals surface area contributed by atoms with Crippen molar-refractivity contribution in [3.8, 4) is 0 Å². The number of hydrogen-bond donors (Lipinski definition) is 2. The fourth-order valence-electron chi connectivity index (χ4n) is 1.95. The highest BCUT2D eigenvalue weighted by Crippen LogP contribution is 2.27. The zero-order valence-corrected chi connectivity index (χ0v) is 15.4. The Morgan fingerprint density at radius 1 is 1.04 bits per heavy atom. The summed E-state index contributed by atoms with van der Waals surface area (Å²) in [6.07, 6.45) is -0.188. The molecule has 0 unspecified atom stereocenters. The van der Waals surface area contributed by atoms with Gasteiger partial charge in [0, 0.05) is 0 Å². The van der Waals surface area contributed by atoms with E-state index >= 15 is 0 Å². The van der Waals surface area contributed by atoms with E-state index in [1.807, 2.05) is 0 Å². The summed E-state index contributed by atoms with van der Waals surface area (Å²) in [5.74, 6) is 10.1. The molecule has 9 nitrogen and oxygen atoms in total. The van der Waals surface area contributed by atoms with Crippen molar-refractivity contribution in [3.63, 3.8) is 0 Å². The molecule has 0 fully saturated rings.